The minimum absolute atomic E-state index is 0.141. The maximum absolute atomic E-state index is 12.7. The zero-order valence-electron chi connectivity index (χ0n) is 10.0. The van der Waals surface area contributed by atoms with Gasteiger partial charge in [-0.2, -0.15) is 5.26 Å². The molecule has 1 aromatic rings. The highest BCUT2D eigenvalue weighted by molar-refractivity contribution is 5.72. The van der Waals surface area contributed by atoms with Crippen LogP contribution in [0, 0.1) is 18.3 Å². The predicted octanol–water partition coefficient (Wildman–Crippen LogP) is 2.30. The molecule has 6 heteroatoms. The average molecular weight is 254 g/mol. The number of nitrogens with zero attached hydrogens (tertiary/aromatic N) is 2. The second-order valence-corrected chi connectivity index (χ2v) is 3.59. The van der Waals surface area contributed by atoms with Gasteiger partial charge < -0.3 is 4.74 Å². The van der Waals surface area contributed by atoms with Crippen molar-refractivity contribution in [3.63, 3.8) is 0 Å². The van der Waals surface area contributed by atoms with Crippen molar-refractivity contribution in [3.8, 4) is 6.07 Å². The first kappa shape index (κ1) is 14.0. The number of aromatic nitrogens is 1. The summed E-state index contributed by atoms with van der Waals surface area (Å²) in [5, 5.41) is 8.79. The number of aryl methyl sites for hydroxylation is 1. The number of rotatable bonds is 4. The number of pyridine rings is 1. The number of halogens is 2. The number of hydrogen-bond acceptors (Lipinski definition) is 4. The fourth-order valence-electron chi connectivity index (χ4n) is 1.52. The van der Waals surface area contributed by atoms with E-state index in [0.29, 0.717) is 5.56 Å². The van der Waals surface area contributed by atoms with Crippen LogP contribution in [-0.2, 0) is 16.0 Å². The minimum Gasteiger partial charge on any atom is -0.466 e. The number of alkyl halides is 2. The zero-order valence-corrected chi connectivity index (χ0v) is 10.0. The van der Waals surface area contributed by atoms with Crippen LogP contribution in [0.4, 0.5) is 8.78 Å². The van der Waals surface area contributed by atoms with E-state index in [9.17, 15) is 13.6 Å². The van der Waals surface area contributed by atoms with E-state index in [1.807, 2.05) is 0 Å². The first-order chi connectivity index (χ1) is 8.49. The van der Waals surface area contributed by atoms with E-state index in [-0.39, 0.29) is 24.3 Å². The lowest BCUT2D eigenvalue weighted by Crippen LogP contribution is -2.11. The lowest BCUT2D eigenvalue weighted by molar-refractivity contribution is -0.142. The Labute approximate surface area is 103 Å². The first-order valence-corrected chi connectivity index (χ1v) is 5.33. The standard InChI is InChI=1S/C12H12F2N2O2/c1-3-18-10(17)5-8-4-7(2)9(6-15)11(16-8)12(13)14/h4,12H,3,5H2,1-2H3. The Hall–Kier alpha value is -2.03. The van der Waals surface area contributed by atoms with Crippen LogP contribution < -0.4 is 0 Å². The van der Waals surface area contributed by atoms with Gasteiger partial charge in [0.05, 0.1) is 24.3 Å². The van der Waals surface area contributed by atoms with Crippen LogP contribution in [0.2, 0.25) is 0 Å². The van der Waals surface area contributed by atoms with E-state index in [1.165, 1.54) is 13.0 Å². The summed E-state index contributed by atoms with van der Waals surface area (Å²) in [6, 6.07) is 3.14. The lowest BCUT2D eigenvalue weighted by atomic mass is 10.1. The van der Waals surface area contributed by atoms with Gasteiger partial charge in [0.2, 0.25) is 0 Å². The smallest absolute Gasteiger partial charge is 0.311 e. The van der Waals surface area contributed by atoms with Crippen molar-refractivity contribution in [2.24, 2.45) is 0 Å². The maximum atomic E-state index is 12.7. The highest BCUT2D eigenvalue weighted by Crippen LogP contribution is 2.23. The maximum Gasteiger partial charge on any atom is 0.311 e. The third-order valence-corrected chi connectivity index (χ3v) is 2.25. The molecule has 0 fully saturated rings. The number of ether oxygens (including phenoxy) is 1. The van der Waals surface area contributed by atoms with Crippen molar-refractivity contribution < 1.29 is 18.3 Å². The highest BCUT2D eigenvalue weighted by atomic mass is 19.3. The molecule has 0 spiro atoms. The Kier molecular flexibility index (Phi) is 4.72. The van der Waals surface area contributed by atoms with Gasteiger partial charge in [-0.3, -0.25) is 4.79 Å². The molecule has 0 unspecified atom stereocenters. The lowest BCUT2D eigenvalue weighted by Gasteiger charge is -2.08. The summed E-state index contributed by atoms with van der Waals surface area (Å²) in [6.45, 7) is 3.40. The van der Waals surface area contributed by atoms with Crippen LogP contribution >= 0.6 is 0 Å². The summed E-state index contributed by atoms with van der Waals surface area (Å²) in [6.07, 6.45) is -3.03. The topological polar surface area (TPSA) is 63.0 Å². The van der Waals surface area contributed by atoms with Gasteiger partial charge in [-0.05, 0) is 25.5 Å². The molecule has 0 radical (unpaired) electrons. The summed E-state index contributed by atoms with van der Waals surface area (Å²) >= 11 is 0. The van der Waals surface area contributed by atoms with Crippen molar-refractivity contribution in [1.29, 1.82) is 5.26 Å². The second-order valence-electron chi connectivity index (χ2n) is 3.59. The molecule has 4 nitrogen and oxygen atoms in total. The Morgan fingerprint density at radius 3 is 2.78 bits per heavy atom. The molecule has 1 rings (SSSR count). The SMILES string of the molecule is CCOC(=O)Cc1cc(C)c(C#N)c(C(F)F)n1. The van der Waals surface area contributed by atoms with E-state index in [0.717, 1.165) is 0 Å². The monoisotopic (exact) mass is 254 g/mol. The van der Waals surface area contributed by atoms with E-state index < -0.39 is 18.1 Å². The van der Waals surface area contributed by atoms with Crippen LogP contribution in [0.1, 0.15) is 35.9 Å². The van der Waals surface area contributed by atoms with Crippen LogP contribution in [0.5, 0.6) is 0 Å². The summed E-state index contributed by atoms with van der Waals surface area (Å²) in [4.78, 5) is 14.9. The van der Waals surface area contributed by atoms with Crippen LogP contribution in [0.15, 0.2) is 6.07 Å². The second kappa shape index (κ2) is 6.05. The highest BCUT2D eigenvalue weighted by Gasteiger charge is 2.19. The molecule has 0 aliphatic carbocycles. The molecule has 0 bridgehead atoms. The van der Waals surface area contributed by atoms with Gasteiger partial charge in [0.15, 0.2) is 0 Å². The van der Waals surface area contributed by atoms with Crippen molar-refractivity contribution in [3.05, 3.63) is 28.6 Å². The van der Waals surface area contributed by atoms with E-state index >= 15 is 0 Å². The first-order valence-electron chi connectivity index (χ1n) is 5.33. The molecule has 0 saturated carbocycles. The van der Waals surface area contributed by atoms with Crippen molar-refractivity contribution in [2.75, 3.05) is 6.61 Å². The Morgan fingerprint density at radius 1 is 1.61 bits per heavy atom. The van der Waals surface area contributed by atoms with Crippen molar-refractivity contribution in [1.82, 2.24) is 4.98 Å². The summed E-state index contributed by atoms with van der Waals surface area (Å²) in [5.74, 6) is -0.533. The molecule has 18 heavy (non-hydrogen) atoms. The Bertz CT molecular complexity index is 496. The third-order valence-electron chi connectivity index (χ3n) is 2.25. The van der Waals surface area contributed by atoms with Gasteiger partial charge in [0.1, 0.15) is 11.8 Å². The summed E-state index contributed by atoms with van der Waals surface area (Å²) in [7, 11) is 0. The molecule has 0 N–H and O–H groups in total. The Morgan fingerprint density at radius 2 is 2.28 bits per heavy atom. The zero-order chi connectivity index (χ0) is 13.7. The van der Waals surface area contributed by atoms with Crippen molar-refractivity contribution in [2.45, 2.75) is 26.7 Å². The molecular weight excluding hydrogens is 242 g/mol. The molecule has 0 atom stereocenters. The van der Waals surface area contributed by atoms with Gasteiger partial charge in [-0.1, -0.05) is 0 Å². The number of hydrogen-bond donors (Lipinski definition) is 0. The minimum atomic E-state index is -2.85. The summed E-state index contributed by atoms with van der Waals surface area (Å²) < 4.78 is 30.2. The predicted molar refractivity (Wildman–Crippen MR) is 59.0 cm³/mol. The van der Waals surface area contributed by atoms with Gasteiger partial charge >= 0.3 is 5.97 Å². The number of carbonyl (C=O) groups is 1. The van der Waals surface area contributed by atoms with Gasteiger partial charge in [0.25, 0.3) is 6.43 Å². The fourth-order valence-corrected chi connectivity index (χ4v) is 1.52. The van der Waals surface area contributed by atoms with Gasteiger partial charge in [0, 0.05) is 0 Å². The largest absolute Gasteiger partial charge is 0.466 e. The molecule has 0 aliphatic heterocycles. The number of nitriles is 1. The van der Waals surface area contributed by atoms with E-state index in [1.54, 1.807) is 13.0 Å². The van der Waals surface area contributed by atoms with Crippen LogP contribution in [0.25, 0.3) is 0 Å². The van der Waals surface area contributed by atoms with Crippen LogP contribution in [0.3, 0.4) is 0 Å². The molecule has 0 saturated heterocycles. The van der Waals surface area contributed by atoms with Crippen molar-refractivity contribution >= 4 is 5.97 Å². The number of carbonyl (C=O) groups excluding carboxylic acids is 1. The van der Waals surface area contributed by atoms with Crippen LogP contribution in [-0.4, -0.2) is 17.6 Å². The molecule has 1 aromatic heterocycles. The van der Waals surface area contributed by atoms with E-state index in [4.69, 9.17) is 10.00 Å². The molecule has 0 aromatic carbocycles. The molecule has 0 aliphatic rings. The Balaban J connectivity index is 3.10. The molecule has 1 heterocycles. The van der Waals surface area contributed by atoms with E-state index in [2.05, 4.69) is 4.98 Å². The molecule has 96 valence electrons. The third kappa shape index (κ3) is 3.23. The normalized spacial score (nSPS) is 10.2. The molecular formula is C12H12F2N2O2. The summed E-state index contributed by atoms with van der Waals surface area (Å²) in [5.41, 5.74) is -0.170. The average Bonchev–Trinajstić information content (AvgIpc) is 2.28. The quantitative estimate of drug-likeness (QED) is 0.773. The van der Waals surface area contributed by atoms with Gasteiger partial charge in [-0.25, -0.2) is 13.8 Å². The fraction of sp³-hybridized carbons (Fsp3) is 0.417. The van der Waals surface area contributed by atoms with Gasteiger partial charge in [-0.15, -0.1) is 0 Å². The molecule has 0 amide bonds. The number of esters is 1.